The molecular formula is C24H40N2O2. The summed E-state index contributed by atoms with van der Waals surface area (Å²) in [4.78, 5) is 18.2. The van der Waals surface area contributed by atoms with E-state index in [1.807, 2.05) is 7.05 Å². The second kappa shape index (κ2) is 7.74. The first-order valence-electron chi connectivity index (χ1n) is 11.8. The van der Waals surface area contributed by atoms with Gasteiger partial charge < -0.3 is 10.2 Å². The number of hydrogen-bond donors (Lipinski definition) is 1. The molecule has 1 unspecified atom stereocenters. The minimum atomic E-state index is -0.00739. The van der Waals surface area contributed by atoms with Crippen molar-refractivity contribution in [1.29, 1.82) is 0 Å². The highest BCUT2D eigenvalue weighted by molar-refractivity contribution is 5.87. The van der Waals surface area contributed by atoms with Crippen molar-refractivity contribution in [3.05, 3.63) is 0 Å². The molecule has 7 atom stereocenters. The maximum atomic E-state index is 12.6. The lowest BCUT2D eigenvalue weighted by Crippen LogP contribution is -2.56. The zero-order valence-electron chi connectivity index (χ0n) is 18.4. The lowest BCUT2D eigenvalue weighted by atomic mass is 9.43. The van der Waals surface area contributed by atoms with E-state index in [-0.39, 0.29) is 5.41 Å². The molecule has 4 fully saturated rings. The fourth-order valence-electron chi connectivity index (χ4n) is 7.83. The van der Waals surface area contributed by atoms with Gasteiger partial charge in [-0.1, -0.05) is 25.9 Å². The van der Waals surface area contributed by atoms with Crippen molar-refractivity contribution < 1.29 is 9.63 Å². The van der Waals surface area contributed by atoms with Gasteiger partial charge >= 0.3 is 0 Å². The number of nitrogens with zero attached hydrogens (tertiary/aromatic N) is 1. The Morgan fingerprint density at radius 2 is 1.96 bits per heavy atom. The topological polar surface area (TPSA) is 50.7 Å². The summed E-state index contributed by atoms with van der Waals surface area (Å²) in [5, 5.41) is 7.69. The van der Waals surface area contributed by atoms with Gasteiger partial charge in [0, 0.05) is 11.8 Å². The normalized spacial score (nSPS) is 46.8. The minimum Gasteiger partial charge on any atom is -0.396 e. The minimum absolute atomic E-state index is 0.00739. The lowest BCUT2D eigenvalue weighted by molar-refractivity contribution is -0.141. The molecule has 28 heavy (non-hydrogen) atoms. The fourth-order valence-corrected chi connectivity index (χ4v) is 7.83. The van der Waals surface area contributed by atoms with Crippen LogP contribution in [-0.4, -0.2) is 31.7 Å². The zero-order chi connectivity index (χ0) is 19.9. The Bertz CT molecular complexity index is 632. The van der Waals surface area contributed by atoms with Gasteiger partial charge in [-0.25, -0.2) is 0 Å². The average molecular weight is 389 g/mol. The highest BCUT2D eigenvalue weighted by Crippen LogP contribution is 2.66. The van der Waals surface area contributed by atoms with Gasteiger partial charge in [-0.2, -0.15) is 0 Å². The van der Waals surface area contributed by atoms with Gasteiger partial charge in [-0.05, 0) is 100.0 Å². The van der Waals surface area contributed by atoms with Crippen molar-refractivity contribution in [2.24, 2.45) is 45.6 Å². The largest absolute Gasteiger partial charge is 0.396 e. The quantitative estimate of drug-likeness (QED) is 0.542. The summed E-state index contributed by atoms with van der Waals surface area (Å²) < 4.78 is 0. The van der Waals surface area contributed by atoms with Crippen LogP contribution in [0.15, 0.2) is 5.16 Å². The van der Waals surface area contributed by atoms with Crippen molar-refractivity contribution in [1.82, 2.24) is 5.32 Å². The van der Waals surface area contributed by atoms with Crippen LogP contribution in [0.3, 0.4) is 0 Å². The molecule has 0 spiro atoms. The van der Waals surface area contributed by atoms with E-state index >= 15 is 0 Å². The van der Waals surface area contributed by atoms with E-state index in [4.69, 9.17) is 4.84 Å². The molecule has 0 aromatic heterocycles. The molecule has 4 aliphatic rings. The Kier molecular flexibility index (Phi) is 5.63. The maximum absolute atomic E-state index is 12.6. The van der Waals surface area contributed by atoms with Crippen LogP contribution in [-0.2, 0) is 9.63 Å². The molecule has 4 aliphatic carbocycles. The number of ketones is 1. The van der Waals surface area contributed by atoms with Crippen LogP contribution in [0.4, 0.5) is 0 Å². The Hall–Kier alpha value is -0.900. The predicted molar refractivity (Wildman–Crippen MR) is 113 cm³/mol. The fraction of sp³-hybridized carbons (Fsp3) is 0.917. The molecule has 0 aromatic carbocycles. The van der Waals surface area contributed by atoms with Gasteiger partial charge in [0.2, 0.25) is 0 Å². The first-order valence-corrected chi connectivity index (χ1v) is 11.8. The monoisotopic (exact) mass is 388 g/mol. The molecule has 0 amide bonds. The molecule has 0 radical (unpaired) electrons. The second-order valence-corrected chi connectivity index (χ2v) is 10.8. The van der Waals surface area contributed by atoms with Crippen molar-refractivity contribution in [2.75, 3.05) is 20.2 Å². The molecule has 4 nitrogen and oxygen atoms in total. The third-order valence-electron chi connectivity index (χ3n) is 9.43. The summed E-state index contributed by atoms with van der Waals surface area (Å²) in [5.74, 6) is 4.21. The number of fused-ring (bicyclic) bond motifs is 5. The summed E-state index contributed by atoms with van der Waals surface area (Å²) >= 11 is 0. The van der Waals surface area contributed by atoms with E-state index in [0.717, 1.165) is 68.7 Å². The third-order valence-corrected chi connectivity index (χ3v) is 9.43. The summed E-state index contributed by atoms with van der Waals surface area (Å²) in [6.07, 6.45) is 10.2. The molecular weight excluding hydrogens is 348 g/mol. The van der Waals surface area contributed by atoms with Gasteiger partial charge in [0.15, 0.2) is 0 Å². The van der Waals surface area contributed by atoms with Crippen LogP contribution >= 0.6 is 0 Å². The van der Waals surface area contributed by atoms with Crippen LogP contribution in [0.1, 0.15) is 78.6 Å². The Morgan fingerprint density at radius 1 is 1.14 bits per heavy atom. The molecule has 0 heterocycles. The van der Waals surface area contributed by atoms with E-state index in [1.165, 1.54) is 25.0 Å². The summed E-state index contributed by atoms with van der Waals surface area (Å²) in [5.41, 5.74) is 1.70. The van der Waals surface area contributed by atoms with E-state index in [2.05, 4.69) is 31.2 Å². The molecule has 0 aromatic rings. The molecule has 0 aliphatic heterocycles. The third kappa shape index (κ3) is 3.24. The van der Waals surface area contributed by atoms with Gasteiger partial charge in [0.25, 0.3) is 0 Å². The van der Waals surface area contributed by atoms with Crippen molar-refractivity contribution in [2.45, 2.75) is 78.6 Å². The number of oxime groups is 1. The second-order valence-electron chi connectivity index (χ2n) is 10.8. The van der Waals surface area contributed by atoms with E-state index < -0.39 is 0 Å². The van der Waals surface area contributed by atoms with Crippen LogP contribution in [0.5, 0.6) is 0 Å². The number of carbonyl (C=O) groups excluding carboxylic acids is 1. The number of nitrogens with one attached hydrogen (secondary N) is 1. The smallest absolute Gasteiger partial charge is 0.139 e. The van der Waals surface area contributed by atoms with Crippen LogP contribution in [0, 0.1) is 40.4 Å². The molecule has 4 saturated carbocycles. The summed E-state index contributed by atoms with van der Waals surface area (Å²) in [6.45, 7) is 9.03. The summed E-state index contributed by atoms with van der Waals surface area (Å²) in [6, 6.07) is 0. The van der Waals surface area contributed by atoms with Crippen LogP contribution < -0.4 is 5.32 Å². The number of hydrogen-bond acceptors (Lipinski definition) is 4. The molecule has 4 rings (SSSR count). The van der Waals surface area contributed by atoms with Crippen LogP contribution in [0.2, 0.25) is 0 Å². The SMILES string of the molecule is CNCCCO/N=C1/CC[C@@]2(C)C(C1)[C@@H](C)C[C@@H]1[C@@H]2CC[C@]2(C)C(=O)CC[C@@H]12. The van der Waals surface area contributed by atoms with Gasteiger partial charge in [0.05, 0.1) is 5.71 Å². The standard InChI is InChI=1S/C24H40N2O2/c1-16-14-18-19-6-7-22(27)24(19,3)11-9-20(18)23(2)10-8-17(15-21(16)23)26-28-13-5-12-25-4/h16,18-21,25H,5-15H2,1-4H3/b26-17-/t16-,18-,19-,20-,21?,23+,24-/m0/s1. The molecule has 1 N–H and O–H groups in total. The van der Waals surface area contributed by atoms with Crippen molar-refractivity contribution >= 4 is 11.5 Å². The van der Waals surface area contributed by atoms with Crippen molar-refractivity contribution in [3.8, 4) is 0 Å². The lowest BCUT2D eigenvalue weighted by Gasteiger charge is -2.61. The van der Waals surface area contributed by atoms with Crippen LogP contribution in [0.25, 0.3) is 0 Å². The molecule has 4 heteroatoms. The average Bonchev–Trinajstić information content (AvgIpc) is 2.98. The molecule has 158 valence electrons. The van der Waals surface area contributed by atoms with E-state index in [9.17, 15) is 4.79 Å². The highest BCUT2D eigenvalue weighted by atomic mass is 16.6. The Labute approximate surface area is 171 Å². The first-order chi connectivity index (χ1) is 13.4. The summed E-state index contributed by atoms with van der Waals surface area (Å²) in [7, 11) is 1.97. The number of carbonyl (C=O) groups is 1. The predicted octanol–water partition coefficient (Wildman–Crippen LogP) is 4.83. The Morgan fingerprint density at radius 3 is 2.75 bits per heavy atom. The van der Waals surface area contributed by atoms with E-state index in [0.29, 0.717) is 23.7 Å². The number of Topliss-reactive ketones (excluding diaryl/α,β-unsaturated/α-hetero) is 1. The molecule has 0 saturated heterocycles. The zero-order valence-corrected chi connectivity index (χ0v) is 18.4. The number of rotatable bonds is 5. The Balaban J connectivity index is 1.47. The van der Waals surface area contributed by atoms with Gasteiger partial charge in [0.1, 0.15) is 12.4 Å². The highest BCUT2D eigenvalue weighted by Gasteiger charge is 2.61. The molecule has 0 bridgehead atoms. The first kappa shape index (κ1) is 20.4. The van der Waals surface area contributed by atoms with Gasteiger partial charge in [-0.15, -0.1) is 0 Å². The maximum Gasteiger partial charge on any atom is 0.139 e. The van der Waals surface area contributed by atoms with Crippen molar-refractivity contribution in [3.63, 3.8) is 0 Å². The van der Waals surface area contributed by atoms with E-state index in [1.54, 1.807) is 0 Å². The van der Waals surface area contributed by atoms with Gasteiger partial charge in [-0.3, -0.25) is 4.79 Å².